The van der Waals surface area contributed by atoms with Crippen molar-refractivity contribution >= 4 is 51.7 Å². The number of nitrogens with zero attached hydrogens (tertiary/aromatic N) is 2. The first-order chi connectivity index (χ1) is 22.0. The molecule has 2 heterocycles. The maximum Gasteiger partial charge on any atom is 0.338 e. The van der Waals surface area contributed by atoms with Crippen LogP contribution in [0.5, 0.6) is 11.5 Å². The van der Waals surface area contributed by atoms with Crippen molar-refractivity contribution in [2.24, 2.45) is 4.99 Å². The van der Waals surface area contributed by atoms with Crippen LogP contribution in [-0.4, -0.2) is 24.3 Å². The quantitative estimate of drug-likeness (QED) is 0.135. The Labute approximate surface area is 277 Å². The van der Waals surface area contributed by atoms with Crippen molar-refractivity contribution in [3.8, 4) is 11.5 Å². The maximum atomic E-state index is 14.2. The number of fused-ring (bicyclic) bond motifs is 1. The predicted molar refractivity (Wildman–Crippen MR) is 184 cm³/mol. The third-order valence-corrected chi connectivity index (χ3v) is 9.05. The number of halogens is 1. The SMILES string of the molecule is CCOC(=O)C1=C(c2ccccc2)N=c2s/c(=C\c3cc(I)c(OCc4ccccc4)c(OC)c3)c(=O)n2[C@@H]1c1ccccc1. The smallest absolute Gasteiger partial charge is 0.338 e. The Bertz CT molecular complexity index is 2060. The lowest BCUT2D eigenvalue weighted by Crippen LogP contribution is -2.40. The van der Waals surface area contributed by atoms with Crippen molar-refractivity contribution < 1.29 is 19.0 Å². The molecule has 0 N–H and O–H groups in total. The van der Waals surface area contributed by atoms with Crippen LogP contribution >= 0.6 is 33.9 Å². The minimum absolute atomic E-state index is 0.196. The topological polar surface area (TPSA) is 79.1 Å². The third kappa shape index (κ3) is 6.36. The van der Waals surface area contributed by atoms with E-state index in [0.717, 1.165) is 25.8 Å². The lowest BCUT2D eigenvalue weighted by atomic mass is 9.93. The van der Waals surface area contributed by atoms with Crippen molar-refractivity contribution in [3.63, 3.8) is 0 Å². The summed E-state index contributed by atoms with van der Waals surface area (Å²) < 4.78 is 20.3. The molecule has 45 heavy (non-hydrogen) atoms. The fourth-order valence-electron chi connectivity index (χ4n) is 5.24. The average Bonchev–Trinajstić information content (AvgIpc) is 3.38. The molecule has 0 unspecified atom stereocenters. The number of thiazole rings is 1. The van der Waals surface area contributed by atoms with E-state index in [1.54, 1.807) is 18.6 Å². The average molecular weight is 729 g/mol. The summed E-state index contributed by atoms with van der Waals surface area (Å²) >= 11 is 3.50. The van der Waals surface area contributed by atoms with Gasteiger partial charge in [-0.2, -0.15) is 0 Å². The lowest BCUT2D eigenvalue weighted by molar-refractivity contribution is -0.138. The van der Waals surface area contributed by atoms with Crippen LogP contribution in [0.2, 0.25) is 0 Å². The molecule has 1 aliphatic heterocycles. The highest BCUT2D eigenvalue weighted by Gasteiger charge is 2.35. The van der Waals surface area contributed by atoms with Crippen LogP contribution in [0, 0.1) is 3.57 Å². The van der Waals surface area contributed by atoms with Crippen LogP contribution in [0.4, 0.5) is 0 Å². The van der Waals surface area contributed by atoms with Crippen molar-refractivity contribution in [1.29, 1.82) is 0 Å². The van der Waals surface area contributed by atoms with Gasteiger partial charge in [-0.1, -0.05) is 102 Å². The second-order valence-corrected chi connectivity index (χ2v) is 12.3. The minimum Gasteiger partial charge on any atom is -0.493 e. The second kappa shape index (κ2) is 13.7. The Balaban J connectivity index is 1.49. The van der Waals surface area contributed by atoms with Crippen LogP contribution in [0.15, 0.2) is 118 Å². The number of carbonyl (C=O) groups is 1. The number of rotatable bonds is 9. The molecule has 0 fully saturated rings. The van der Waals surface area contributed by atoms with E-state index >= 15 is 0 Å². The number of hydrogen-bond acceptors (Lipinski definition) is 7. The number of esters is 1. The van der Waals surface area contributed by atoms with Gasteiger partial charge >= 0.3 is 5.97 Å². The lowest BCUT2D eigenvalue weighted by Gasteiger charge is -2.25. The number of carbonyl (C=O) groups excluding carboxylic acids is 1. The van der Waals surface area contributed by atoms with E-state index < -0.39 is 12.0 Å². The van der Waals surface area contributed by atoms with E-state index in [-0.39, 0.29) is 12.2 Å². The van der Waals surface area contributed by atoms with E-state index in [1.807, 2.05) is 109 Å². The van der Waals surface area contributed by atoms with Gasteiger partial charge in [0, 0.05) is 5.56 Å². The zero-order valence-corrected chi connectivity index (χ0v) is 27.6. The Morgan fingerprint density at radius 1 is 0.978 bits per heavy atom. The Kier molecular flexibility index (Phi) is 9.27. The van der Waals surface area contributed by atoms with Crippen LogP contribution in [0.3, 0.4) is 0 Å². The maximum absolute atomic E-state index is 14.2. The molecule has 5 aromatic rings. The minimum atomic E-state index is -0.720. The number of methoxy groups -OCH3 is 1. The van der Waals surface area contributed by atoms with Gasteiger partial charge in [0.15, 0.2) is 16.3 Å². The summed E-state index contributed by atoms with van der Waals surface area (Å²) in [5.41, 5.74) is 3.94. The molecule has 0 aliphatic carbocycles. The summed E-state index contributed by atoms with van der Waals surface area (Å²) in [6, 6.07) is 32.1. The number of hydrogen-bond donors (Lipinski definition) is 0. The summed E-state index contributed by atoms with van der Waals surface area (Å²) in [7, 11) is 1.60. The van der Waals surface area contributed by atoms with E-state index in [1.165, 1.54) is 11.3 Å². The summed E-state index contributed by atoms with van der Waals surface area (Å²) in [4.78, 5) is 33.2. The zero-order chi connectivity index (χ0) is 31.3. The standard InChI is InChI=1S/C36H29IN2O5S/c1-3-43-35(41)30-31(25-15-9-5-10-16-25)38-36-39(32(30)26-17-11-6-12-18-26)34(40)29(45-36)21-24-19-27(37)33(28(20-24)42-2)44-22-23-13-7-4-8-14-23/h4-21,32H,3,22H2,1-2H3/b29-21-/t32-/m1/s1. The molecule has 4 aromatic carbocycles. The van der Waals surface area contributed by atoms with Crippen molar-refractivity contribution in [3.05, 3.63) is 154 Å². The fourth-order valence-corrected chi connectivity index (χ4v) is 7.02. The third-order valence-electron chi connectivity index (χ3n) is 7.26. The van der Waals surface area contributed by atoms with Gasteiger partial charge in [0.1, 0.15) is 6.61 Å². The van der Waals surface area contributed by atoms with Gasteiger partial charge in [-0.3, -0.25) is 9.36 Å². The molecular weight excluding hydrogens is 699 g/mol. The molecule has 226 valence electrons. The van der Waals surface area contributed by atoms with Gasteiger partial charge < -0.3 is 14.2 Å². The Morgan fingerprint density at radius 3 is 2.31 bits per heavy atom. The first-order valence-electron chi connectivity index (χ1n) is 14.4. The first-order valence-corrected chi connectivity index (χ1v) is 16.3. The highest BCUT2D eigenvalue weighted by molar-refractivity contribution is 14.1. The first kappa shape index (κ1) is 30.5. The molecule has 6 rings (SSSR count). The van der Waals surface area contributed by atoms with Gasteiger partial charge in [0.25, 0.3) is 5.56 Å². The Morgan fingerprint density at radius 2 is 1.64 bits per heavy atom. The van der Waals surface area contributed by atoms with E-state index in [9.17, 15) is 9.59 Å². The van der Waals surface area contributed by atoms with Crippen LogP contribution < -0.4 is 24.4 Å². The molecule has 9 heteroatoms. The van der Waals surface area contributed by atoms with Crippen molar-refractivity contribution in [1.82, 2.24) is 4.57 Å². The molecule has 1 aliphatic rings. The molecule has 7 nitrogen and oxygen atoms in total. The molecule has 0 spiro atoms. The monoisotopic (exact) mass is 728 g/mol. The summed E-state index contributed by atoms with van der Waals surface area (Å²) in [5.74, 6) is 0.694. The molecule has 1 aromatic heterocycles. The second-order valence-electron chi connectivity index (χ2n) is 10.2. The van der Waals surface area contributed by atoms with Crippen molar-refractivity contribution in [2.75, 3.05) is 13.7 Å². The van der Waals surface area contributed by atoms with Crippen molar-refractivity contribution in [2.45, 2.75) is 19.6 Å². The highest BCUT2D eigenvalue weighted by atomic mass is 127. The number of ether oxygens (including phenoxy) is 3. The normalized spacial score (nSPS) is 14.5. The molecule has 0 amide bonds. The zero-order valence-electron chi connectivity index (χ0n) is 24.6. The van der Waals surface area contributed by atoms with E-state index in [4.69, 9.17) is 19.2 Å². The number of aromatic nitrogens is 1. The van der Waals surface area contributed by atoms with Gasteiger partial charge in [0.05, 0.1) is 39.1 Å². The molecule has 0 saturated heterocycles. The summed E-state index contributed by atoms with van der Waals surface area (Å²) in [6.07, 6.45) is 1.83. The van der Waals surface area contributed by atoms with E-state index in [2.05, 4.69) is 22.6 Å². The largest absolute Gasteiger partial charge is 0.493 e. The predicted octanol–water partition coefficient (Wildman–Crippen LogP) is 6.13. The van der Waals surface area contributed by atoms with Crippen LogP contribution in [-0.2, 0) is 16.1 Å². The van der Waals surface area contributed by atoms with Crippen LogP contribution in [0.25, 0.3) is 11.8 Å². The molecule has 0 bridgehead atoms. The number of benzene rings is 4. The van der Waals surface area contributed by atoms with Crippen LogP contribution in [0.1, 0.15) is 35.2 Å². The molecule has 0 radical (unpaired) electrons. The molecular formula is C36H29IN2O5S. The van der Waals surface area contributed by atoms with Gasteiger partial charge in [0.2, 0.25) is 0 Å². The highest BCUT2D eigenvalue weighted by Crippen LogP contribution is 2.36. The Hall–Kier alpha value is -4.48. The van der Waals surface area contributed by atoms with Gasteiger partial charge in [-0.25, -0.2) is 9.79 Å². The molecule has 0 saturated carbocycles. The summed E-state index contributed by atoms with van der Waals surface area (Å²) in [5, 5.41) is 0. The van der Waals surface area contributed by atoms with Gasteiger partial charge in [-0.15, -0.1) is 0 Å². The summed E-state index contributed by atoms with van der Waals surface area (Å²) in [6.45, 7) is 2.36. The van der Waals surface area contributed by atoms with Gasteiger partial charge in [-0.05, 0) is 64.4 Å². The molecule has 1 atom stereocenters. The fraction of sp³-hybridized carbons (Fsp3) is 0.139. The van der Waals surface area contributed by atoms with E-state index in [0.29, 0.717) is 38.7 Å².